The summed E-state index contributed by atoms with van der Waals surface area (Å²) >= 11 is 0. The molecule has 2 bridgehead atoms. The number of halogens is 3. The van der Waals surface area contributed by atoms with Crippen LogP contribution in [0.1, 0.15) is 53.8 Å². The Morgan fingerprint density at radius 3 is 2.65 bits per heavy atom. The Kier molecular flexibility index (Phi) is 4.34. The molecule has 0 unspecified atom stereocenters. The number of hydrogen-bond acceptors (Lipinski definition) is 2. The van der Waals surface area contributed by atoms with Gasteiger partial charge in [-0.2, -0.15) is 13.2 Å². The van der Waals surface area contributed by atoms with Gasteiger partial charge in [-0.25, -0.2) is 4.98 Å². The predicted molar refractivity (Wildman–Crippen MR) is 79.9 cm³/mol. The molecule has 3 atom stereocenters. The molecule has 2 aliphatic carbocycles. The maximum atomic E-state index is 12.6. The fourth-order valence-corrected chi connectivity index (χ4v) is 4.16. The Morgan fingerprint density at radius 1 is 1.30 bits per heavy atom. The third-order valence-corrected chi connectivity index (χ3v) is 5.31. The Balaban J connectivity index is 1.54. The summed E-state index contributed by atoms with van der Waals surface area (Å²) in [4.78, 5) is 15.6. The van der Waals surface area contributed by atoms with Gasteiger partial charge in [0.2, 0.25) is 0 Å². The number of alkyl halides is 3. The number of hydrogen-bond donors (Lipinski definition) is 1. The highest BCUT2D eigenvalue weighted by Crippen LogP contribution is 2.49. The van der Waals surface area contributed by atoms with Crippen LogP contribution in [0.2, 0.25) is 0 Å². The van der Waals surface area contributed by atoms with Crippen LogP contribution in [0, 0.1) is 24.7 Å². The van der Waals surface area contributed by atoms with Crippen molar-refractivity contribution in [2.75, 3.05) is 6.54 Å². The number of nitrogens with zero attached hydrogens (tertiary/aromatic N) is 1. The minimum absolute atomic E-state index is 0.109. The van der Waals surface area contributed by atoms with Crippen LogP contribution in [0.3, 0.4) is 0 Å². The summed E-state index contributed by atoms with van der Waals surface area (Å²) in [5.74, 6) is 2.04. The van der Waals surface area contributed by atoms with Gasteiger partial charge in [0.25, 0.3) is 5.91 Å². The van der Waals surface area contributed by atoms with Crippen molar-refractivity contribution >= 4 is 5.91 Å². The Hall–Kier alpha value is -1.59. The van der Waals surface area contributed by atoms with Gasteiger partial charge in [-0.3, -0.25) is 4.79 Å². The zero-order valence-corrected chi connectivity index (χ0v) is 13.1. The summed E-state index contributed by atoms with van der Waals surface area (Å²) in [6.45, 7) is 2.01. The minimum atomic E-state index is -4.48. The van der Waals surface area contributed by atoms with E-state index in [0.717, 1.165) is 24.3 Å². The highest BCUT2D eigenvalue weighted by atomic mass is 19.4. The number of fused-ring (bicyclic) bond motifs is 2. The van der Waals surface area contributed by atoms with Crippen LogP contribution in [0.15, 0.2) is 12.1 Å². The van der Waals surface area contributed by atoms with Gasteiger partial charge < -0.3 is 5.32 Å². The van der Waals surface area contributed by atoms with Gasteiger partial charge in [0.05, 0.1) is 11.3 Å². The molecule has 1 aromatic rings. The molecule has 23 heavy (non-hydrogen) atoms. The van der Waals surface area contributed by atoms with E-state index in [4.69, 9.17) is 0 Å². The SMILES string of the molecule is Cc1nc(C(F)(F)F)ccc1C(=O)NCC[C@@H]1C[C@H]2CC[C@H]1C2. The summed E-state index contributed by atoms with van der Waals surface area (Å²) in [5, 5.41) is 2.82. The first-order chi connectivity index (χ1) is 10.8. The van der Waals surface area contributed by atoms with Crippen molar-refractivity contribution < 1.29 is 18.0 Å². The highest BCUT2D eigenvalue weighted by Gasteiger charge is 2.39. The number of nitrogens with one attached hydrogen (secondary N) is 1. The molecule has 126 valence electrons. The van der Waals surface area contributed by atoms with Crippen molar-refractivity contribution in [1.82, 2.24) is 10.3 Å². The van der Waals surface area contributed by atoms with E-state index in [9.17, 15) is 18.0 Å². The normalized spacial score (nSPS) is 26.5. The van der Waals surface area contributed by atoms with E-state index in [0.29, 0.717) is 12.5 Å². The highest BCUT2D eigenvalue weighted by molar-refractivity contribution is 5.95. The second kappa shape index (κ2) is 6.13. The van der Waals surface area contributed by atoms with E-state index < -0.39 is 11.9 Å². The number of amides is 1. The van der Waals surface area contributed by atoms with E-state index in [1.54, 1.807) is 0 Å². The number of carbonyl (C=O) groups is 1. The Morgan fingerprint density at radius 2 is 2.09 bits per heavy atom. The predicted octanol–water partition coefficient (Wildman–Crippen LogP) is 3.96. The lowest BCUT2D eigenvalue weighted by Crippen LogP contribution is -2.28. The second-order valence-corrected chi connectivity index (χ2v) is 6.81. The van der Waals surface area contributed by atoms with Gasteiger partial charge in [-0.15, -0.1) is 0 Å². The van der Waals surface area contributed by atoms with Crippen LogP contribution in [0.4, 0.5) is 13.2 Å². The molecule has 2 aliphatic rings. The summed E-state index contributed by atoms with van der Waals surface area (Å²) in [6, 6.07) is 2.07. The fraction of sp³-hybridized carbons (Fsp3) is 0.647. The van der Waals surface area contributed by atoms with Crippen molar-refractivity contribution in [3.8, 4) is 0 Å². The molecule has 0 radical (unpaired) electrons. The molecule has 0 spiro atoms. The zero-order valence-electron chi connectivity index (χ0n) is 13.1. The fourth-order valence-electron chi connectivity index (χ4n) is 4.16. The molecule has 1 amide bonds. The van der Waals surface area contributed by atoms with Crippen molar-refractivity contribution in [2.24, 2.45) is 17.8 Å². The van der Waals surface area contributed by atoms with E-state index in [1.165, 1.54) is 38.7 Å². The molecule has 1 aromatic heterocycles. The van der Waals surface area contributed by atoms with Gasteiger partial charge in [-0.05, 0) is 62.5 Å². The minimum Gasteiger partial charge on any atom is -0.352 e. The smallest absolute Gasteiger partial charge is 0.352 e. The molecule has 1 heterocycles. The number of aromatic nitrogens is 1. The van der Waals surface area contributed by atoms with Crippen LogP contribution in [0.25, 0.3) is 0 Å². The number of pyridine rings is 1. The van der Waals surface area contributed by atoms with Crippen molar-refractivity contribution in [1.29, 1.82) is 0 Å². The maximum Gasteiger partial charge on any atom is 0.433 e. The van der Waals surface area contributed by atoms with Crippen LogP contribution in [0.5, 0.6) is 0 Å². The van der Waals surface area contributed by atoms with E-state index >= 15 is 0 Å². The molecule has 0 aliphatic heterocycles. The maximum absolute atomic E-state index is 12.6. The van der Waals surface area contributed by atoms with Gasteiger partial charge in [0.1, 0.15) is 5.69 Å². The van der Waals surface area contributed by atoms with E-state index in [-0.39, 0.29) is 17.2 Å². The number of aryl methyl sites for hydroxylation is 1. The molecule has 2 saturated carbocycles. The number of carbonyl (C=O) groups excluding carboxylic acids is 1. The Labute approximate surface area is 133 Å². The lowest BCUT2D eigenvalue weighted by molar-refractivity contribution is -0.141. The van der Waals surface area contributed by atoms with E-state index in [2.05, 4.69) is 10.3 Å². The third-order valence-electron chi connectivity index (χ3n) is 5.31. The van der Waals surface area contributed by atoms with Crippen LogP contribution in [-0.2, 0) is 6.18 Å². The molecule has 2 fully saturated rings. The first kappa shape index (κ1) is 16.3. The molecule has 3 rings (SSSR count). The monoisotopic (exact) mass is 326 g/mol. The molecule has 0 saturated heterocycles. The quantitative estimate of drug-likeness (QED) is 0.910. The van der Waals surface area contributed by atoms with E-state index in [1.807, 2.05) is 0 Å². The summed E-state index contributed by atoms with van der Waals surface area (Å²) in [6.07, 6.45) is 1.73. The molecular weight excluding hydrogens is 305 g/mol. The third kappa shape index (κ3) is 3.51. The summed E-state index contributed by atoms with van der Waals surface area (Å²) < 4.78 is 37.8. The zero-order chi connectivity index (χ0) is 16.6. The van der Waals surface area contributed by atoms with Gasteiger partial charge >= 0.3 is 6.18 Å². The standard InChI is InChI=1S/C17H21F3N2O/c1-10-14(4-5-15(22-10)17(18,19)20)16(23)21-7-6-13-9-11-2-3-12(13)8-11/h4-5,11-13H,2-3,6-9H2,1H3,(H,21,23)/t11-,12-,13+/m0/s1. The number of rotatable bonds is 4. The molecule has 1 N–H and O–H groups in total. The molecule has 0 aromatic carbocycles. The summed E-state index contributed by atoms with van der Waals surface area (Å²) in [5.41, 5.74) is -0.642. The van der Waals surface area contributed by atoms with Crippen LogP contribution < -0.4 is 5.32 Å². The average molecular weight is 326 g/mol. The van der Waals surface area contributed by atoms with Crippen molar-refractivity contribution in [2.45, 2.75) is 45.2 Å². The van der Waals surface area contributed by atoms with Crippen molar-refractivity contribution in [3.05, 3.63) is 29.1 Å². The summed E-state index contributed by atoms with van der Waals surface area (Å²) in [7, 11) is 0. The average Bonchev–Trinajstić information content (AvgIpc) is 3.08. The Bertz CT molecular complexity index is 600. The second-order valence-electron chi connectivity index (χ2n) is 6.81. The van der Waals surface area contributed by atoms with Crippen molar-refractivity contribution in [3.63, 3.8) is 0 Å². The molecular formula is C17H21F3N2O. The largest absolute Gasteiger partial charge is 0.433 e. The van der Waals surface area contributed by atoms with Crippen LogP contribution in [-0.4, -0.2) is 17.4 Å². The van der Waals surface area contributed by atoms with Gasteiger partial charge in [-0.1, -0.05) is 6.42 Å². The molecule has 3 nitrogen and oxygen atoms in total. The first-order valence-corrected chi connectivity index (χ1v) is 8.17. The van der Waals surface area contributed by atoms with Gasteiger partial charge in [0, 0.05) is 6.54 Å². The first-order valence-electron chi connectivity index (χ1n) is 8.17. The topological polar surface area (TPSA) is 42.0 Å². The molecule has 6 heteroatoms. The lowest BCUT2D eigenvalue weighted by atomic mass is 9.86. The lowest BCUT2D eigenvalue weighted by Gasteiger charge is -2.21. The van der Waals surface area contributed by atoms with Crippen LogP contribution >= 0.6 is 0 Å². The van der Waals surface area contributed by atoms with Gasteiger partial charge in [0.15, 0.2) is 0 Å².